The molecular weight excluding hydrogens is 336 g/mol. The van der Waals surface area contributed by atoms with Crippen molar-refractivity contribution in [2.75, 3.05) is 0 Å². The summed E-state index contributed by atoms with van der Waals surface area (Å²) in [5.74, 6) is 2.12. The summed E-state index contributed by atoms with van der Waals surface area (Å²) in [4.78, 5) is 4.06. The molecule has 128 valence electrons. The van der Waals surface area contributed by atoms with Crippen LogP contribution in [0.25, 0.3) is 27.9 Å². The lowest BCUT2D eigenvalue weighted by atomic mass is 10.2. The molecule has 5 rings (SSSR count). The minimum atomic E-state index is 0.187. The quantitative estimate of drug-likeness (QED) is 0.523. The van der Waals surface area contributed by atoms with E-state index < -0.39 is 0 Å². The Labute approximate surface area is 145 Å². The predicted octanol–water partition coefficient (Wildman–Crippen LogP) is 1.94. The largest absolute Gasteiger partial charge is 0.468 e. The van der Waals surface area contributed by atoms with E-state index in [4.69, 9.17) is 9.26 Å². The van der Waals surface area contributed by atoms with Gasteiger partial charge in [-0.1, -0.05) is 23.4 Å². The molecule has 4 heterocycles. The van der Waals surface area contributed by atoms with Crippen LogP contribution in [0.5, 0.6) is 5.88 Å². The molecule has 0 saturated carbocycles. The number of fused-ring (bicyclic) bond motifs is 3. The zero-order valence-electron chi connectivity index (χ0n) is 13.6. The van der Waals surface area contributed by atoms with Crippen molar-refractivity contribution in [1.29, 1.82) is 0 Å². The molecule has 0 fully saturated rings. The van der Waals surface area contributed by atoms with Crippen LogP contribution in [0.15, 0.2) is 41.2 Å². The van der Waals surface area contributed by atoms with Crippen molar-refractivity contribution in [3.05, 3.63) is 48.2 Å². The Morgan fingerprint density at radius 3 is 2.85 bits per heavy atom. The Balaban J connectivity index is 1.69. The van der Waals surface area contributed by atoms with E-state index in [9.17, 15) is 0 Å². The number of H-pyrrole nitrogens is 1. The molecule has 26 heavy (non-hydrogen) atoms. The third kappa shape index (κ3) is 2.27. The van der Waals surface area contributed by atoms with Crippen molar-refractivity contribution in [3.8, 4) is 17.4 Å². The van der Waals surface area contributed by atoms with Gasteiger partial charge in [0.2, 0.25) is 11.7 Å². The molecule has 0 spiro atoms. The minimum absolute atomic E-state index is 0.187. The van der Waals surface area contributed by atoms with E-state index in [1.807, 2.05) is 31.2 Å². The molecule has 0 saturated heterocycles. The van der Waals surface area contributed by atoms with Gasteiger partial charge in [0, 0.05) is 16.8 Å². The average Bonchev–Trinajstić information content (AvgIpc) is 3.40. The van der Waals surface area contributed by atoms with Gasteiger partial charge in [-0.15, -0.1) is 15.3 Å². The first-order valence-corrected chi connectivity index (χ1v) is 7.85. The van der Waals surface area contributed by atoms with Crippen molar-refractivity contribution in [1.82, 2.24) is 40.1 Å². The number of nitrogens with one attached hydrogen (secondary N) is 1. The normalized spacial score (nSPS) is 11.4. The van der Waals surface area contributed by atoms with Gasteiger partial charge in [0.25, 0.3) is 0 Å². The van der Waals surface area contributed by atoms with Crippen molar-refractivity contribution in [3.63, 3.8) is 0 Å². The Hall–Kier alpha value is -3.82. The first kappa shape index (κ1) is 14.5. The summed E-state index contributed by atoms with van der Waals surface area (Å²) in [6, 6.07) is 9.48. The summed E-state index contributed by atoms with van der Waals surface area (Å²) in [7, 11) is 0. The average molecular weight is 348 g/mol. The van der Waals surface area contributed by atoms with Crippen LogP contribution >= 0.6 is 0 Å². The summed E-state index contributed by atoms with van der Waals surface area (Å²) in [5.41, 5.74) is 1.17. The summed E-state index contributed by atoms with van der Waals surface area (Å²) in [5, 5.41) is 25.4. The van der Waals surface area contributed by atoms with Crippen molar-refractivity contribution in [2.45, 2.75) is 13.5 Å². The molecule has 0 aliphatic heterocycles. The number of nitrogens with zero attached hydrogens (tertiary/aromatic N) is 7. The molecule has 0 aliphatic rings. The summed E-state index contributed by atoms with van der Waals surface area (Å²) >= 11 is 0. The van der Waals surface area contributed by atoms with Gasteiger partial charge in [-0.2, -0.15) is 9.61 Å². The van der Waals surface area contributed by atoms with E-state index in [0.717, 1.165) is 10.8 Å². The summed E-state index contributed by atoms with van der Waals surface area (Å²) in [6.07, 6.45) is 1.50. The Kier molecular flexibility index (Phi) is 3.14. The minimum Gasteiger partial charge on any atom is -0.468 e. The smallest absolute Gasteiger partial charge is 0.240 e. The standard InChI is InChI=1S/C16H12N8O2/c1-9-6-12(23-26-9)15-21-20-14-10-4-2-3-5-11(10)16(22-24(14)15)25-7-13-17-8-18-19-13/h2-6,8H,7H2,1H3,(H,17,18,19). The third-order valence-corrected chi connectivity index (χ3v) is 3.89. The monoisotopic (exact) mass is 348 g/mol. The van der Waals surface area contributed by atoms with Crippen LogP contribution in [0.4, 0.5) is 0 Å². The molecule has 10 nitrogen and oxygen atoms in total. The predicted molar refractivity (Wildman–Crippen MR) is 89.2 cm³/mol. The molecule has 4 aromatic heterocycles. The molecule has 1 N–H and O–H groups in total. The van der Waals surface area contributed by atoms with E-state index in [2.05, 4.69) is 35.6 Å². The van der Waals surface area contributed by atoms with Crippen molar-refractivity contribution in [2.24, 2.45) is 0 Å². The molecular formula is C16H12N8O2. The maximum atomic E-state index is 5.86. The highest BCUT2D eigenvalue weighted by atomic mass is 16.5. The second-order valence-electron chi connectivity index (χ2n) is 5.64. The van der Waals surface area contributed by atoms with Gasteiger partial charge >= 0.3 is 0 Å². The van der Waals surface area contributed by atoms with Gasteiger partial charge in [-0.3, -0.25) is 5.10 Å². The van der Waals surface area contributed by atoms with E-state index in [1.54, 1.807) is 10.6 Å². The Bertz CT molecular complexity index is 1210. The Morgan fingerprint density at radius 2 is 2.08 bits per heavy atom. The van der Waals surface area contributed by atoms with Crippen LogP contribution in [0.2, 0.25) is 0 Å². The van der Waals surface area contributed by atoms with E-state index >= 15 is 0 Å². The summed E-state index contributed by atoms with van der Waals surface area (Å²) < 4.78 is 12.6. The van der Waals surface area contributed by atoms with E-state index in [1.165, 1.54) is 6.33 Å². The van der Waals surface area contributed by atoms with Crippen LogP contribution in [0, 0.1) is 6.92 Å². The molecule has 5 aromatic rings. The van der Waals surface area contributed by atoms with Gasteiger partial charge in [-0.25, -0.2) is 4.98 Å². The number of aromatic nitrogens is 8. The Morgan fingerprint density at radius 1 is 1.19 bits per heavy atom. The zero-order valence-corrected chi connectivity index (χ0v) is 13.6. The molecule has 0 aliphatic carbocycles. The molecule has 0 unspecified atom stereocenters. The van der Waals surface area contributed by atoms with Gasteiger partial charge in [-0.05, 0) is 13.0 Å². The van der Waals surface area contributed by atoms with Crippen LogP contribution < -0.4 is 4.74 Å². The number of rotatable bonds is 4. The van der Waals surface area contributed by atoms with E-state index in [-0.39, 0.29) is 6.61 Å². The topological polar surface area (TPSA) is 120 Å². The summed E-state index contributed by atoms with van der Waals surface area (Å²) in [6.45, 7) is 2.00. The number of ether oxygens (including phenoxy) is 1. The van der Waals surface area contributed by atoms with E-state index in [0.29, 0.717) is 34.6 Å². The fourth-order valence-corrected chi connectivity index (χ4v) is 2.73. The zero-order chi connectivity index (χ0) is 17.5. The molecule has 10 heteroatoms. The highest BCUT2D eigenvalue weighted by Gasteiger charge is 2.18. The number of aromatic amines is 1. The number of aryl methyl sites for hydroxylation is 1. The lowest BCUT2D eigenvalue weighted by Gasteiger charge is -2.08. The van der Waals surface area contributed by atoms with Crippen LogP contribution in [-0.4, -0.2) is 40.1 Å². The first-order valence-electron chi connectivity index (χ1n) is 7.85. The highest BCUT2D eigenvalue weighted by Crippen LogP contribution is 2.28. The molecule has 0 radical (unpaired) electrons. The van der Waals surface area contributed by atoms with Crippen LogP contribution in [0.1, 0.15) is 11.6 Å². The van der Waals surface area contributed by atoms with Crippen molar-refractivity contribution < 1.29 is 9.26 Å². The number of hydrogen-bond acceptors (Lipinski definition) is 8. The van der Waals surface area contributed by atoms with Gasteiger partial charge < -0.3 is 9.26 Å². The second kappa shape index (κ2) is 5.62. The lowest BCUT2D eigenvalue weighted by Crippen LogP contribution is -2.04. The lowest BCUT2D eigenvalue weighted by molar-refractivity contribution is 0.284. The SMILES string of the molecule is Cc1cc(-c2nnc3c4ccccc4c(OCc4nc[nH]n4)nn23)no1. The maximum absolute atomic E-state index is 5.86. The van der Waals surface area contributed by atoms with Gasteiger partial charge in [0.05, 0.1) is 0 Å². The van der Waals surface area contributed by atoms with Crippen LogP contribution in [-0.2, 0) is 6.61 Å². The fourth-order valence-electron chi connectivity index (χ4n) is 2.73. The van der Waals surface area contributed by atoms with Crippen LogP contribution in [0.3, 0.4) is 0 Å². The molecule has 0 bridgehead atoms. The number of benzene rings is 1. The van der Waals surface area contributed by atoms with Crippen molar-refractivity contribution >= 4 is 16.4 Å². The second-order valence-corrected chi connectivity index (χ2v) is 5.64. The molecule has 0 amide bonds. The molecule has 1 aromatic carbocycles. The fraction of sp³-hybridized carbons (Fsp3) is 0.125. The number of hydrogen-bond donors (Lipinski definition) is 1. The highest BCUT2D eigenvalue weighted by molar-refractivity contribution is 5.96. The maximum Gasteiger partial charge on any atom is 0.240 e. The van der Waals surface area contributed by atoms with Gasteiger partial charge in [0.15, 0.2) is 23.8 Å². The first-order chi connectivity index (χ1) is 12.8. The van der Waals surface area contributed by atoms with Gasteiger partial charge in [0.1, 0.15) is 12.1 Å². The third-order valence-electron chi connectivity index (χ3n) is 3.89. The molecule has 0 atom stereocenters.